The van der Waals surface area contributed by atoms with Crippen molar-refractivity contribution in [1.29, 1.82) is 5.26 Å². The molecule has 0 amide bonds. The van der Waals surface area contributed by atoms with Crippen molar-refractivity contribution in [3.63, 3.8) is 0 Å². The van der Waals surface area contributed by atoms with Crippen molar-refractivity contribution in [1.82, 2.24) is 0 Å². The molecule has 0 N–H and O–H groups in total. The largest absolute Gasteiger partial charge is 0.192 e. The zero-order valence-corrected chi connectivity index (χ0v) is 10.9. The van der Waals surface area contributed by atoms with Crippen LogP contribution in [0.25, 0.3) is 10.1 Å². The summed E-state index contributed by atoms with van der Waals surface area (Å²) in [5.74, 6) is 0. The minimum Gasteiger partial charge on any atom is -0.192 e. The predicted octanol–water partition coefficient (Wildman–Crippen LogP) is 4.14. The van der Waals surface area contributed by atoms with Gasteiger partial charge in [0.25, 0.3) is 0 Å². The van der Waals surface area contributed by atoms with E-state index in [1.165, 1.54) is 4.70 Å². The van der Waals surface area contributed by atoms with Crippen LogP contribution in [0.2, 0.25) is 0 Å². The Labute approximate surface area is 102 Å². The third kappa shape index (κ3) is 1.49. The first-order valence-corrected chi connectivity index (χ1v) is 6.24. The Morgan fingerprint density at radius 3 is 3.00 bits per heavy atom. The molecule has 0 aliphatic rings. The summed E-state index contributed by atoms with van der Waals surface area (Å²) in [7, 11) is 0. The fourth-order valence-corrected chi connectivity index (χ4v) is 3.46. The van der Waals surface area contributed by atoms with E-state index >= 15 is 0 Å². The third-order valence-corrected chi connectivity index (χ3v) is 5.70. The Hall–Kier alpha value is -0.120. The summed E-state index contributed by atoms with van der Waals surface area (Å²) < 4.78 is 3.28. The maximum Gasteiger partial charge on any atom is 0.100 e. The smallest absolute Gasteiger partial charge is 0.100 e. The SMILES string of the molecule is N#Cc1cc2ccsc2c(I)c1Br. The van der Waals surface area contributed by atoms with Crippen LogP contribution < -0.4 is 0 Å². The highest BCUT2D eigenvalue weighted by molar-refractivity contribution is 14.1. The number of fused-ring (bicyclic) bond motifs is 1. The lowest BCUT2D eigenvalue weighted by molar-refractivity contribution is 1.48. The van der Waals surface area contributed by atoms with E-state index in [4.69, 9.17) is 5.26 Å². The van der Waals surface area contributed by atoms with Gasteiger partial charge in [0.05, 0.1) is 10.0 Å². The number of hydrogen-bond donors (Lipinski definition) is 0. The molecule has 1 aromatic carbocycles. The molecule has 2 aromatic rings. The van der Waals surface area contributed by atoms with Crippen LogP contribution in [0.4, 0.5) is 0 Å². The Kier molecular flexibility index (Phi) is 2.58. The van der Waals surface area contributed by atoms with Gasteiger partial charge in [0.15, 0.2) is 0 Å². The van der Waals surface area contributed by atoms with Gasteiger partial charge in [-0.1, -0.05) is 0 Å². The number of nitrogens with zero attached hydrogens (tertiary/aromatic N) is 1. The van der Waals surface area contributed by atoms with Gasteiger partial charge >= 0.3 is 0 Å². The van der Waals surface area contributed by atoms with Crippen molar-refractivity contribution < 1.29 is 0 Å². The topological polar surface area (TPSA) is 23.8 Å². The molecule has 0 radical (unpaired) electrons. The van der Waals surface area contributed by atoms with Crippen molar-refractivity contribution in [2.75, 3.05) is 0 Å². The van der Waals surface area contributed by atoms with Crippen LogP contribution in [0.1, 0.15) is 5.56 Å². The van der Waals surface area contributed by atoms with Gasteiger partial charge in [-0.2, -0.15) is 5.26 Å². The van der Waals surface area contributed by atoms with Gasteiger partial charge in [0, 0.05) is 8.27 Å². The number of rotatable bonds is 0. The quantitative estimate of drug-likeness (QED) is 0.645. The maximum atomic E-state index is 8.86. The summed E-state index contributed by atoms with van der Waals surface area (Å²) in [6.45, 7) is 0. The summed E-state index contributed by atoms with van der Waals surface area (Å²) in [4.78, 5) is 0. The van der Waals surface area contributed by atoms with Crippen molar-refractivity contribution >= 4 is 59.9 Å². The van der Waals surface area contributed by atoms with Gasteiger partial charge in [-0.05, 0) is 61.4 Å². The molecular formula is C9H3BrINS. The molecule has 0 aliphatic heterocycles. The van der Waals surface area contributed by atoms with E-state index in [1.807, 2.05) is 17.5 Å². The molecule has 2 rings (SSSR count). The highest BCUT2D eigenvalue weighted by Crippen LogP contribution is 2.34. The summed E-state index contributed by atoms with van der Waals surface area (Å²) in [5, 5.41) is 12.0. The normalized spacial score (nSPS) is 10.2. The zero-order valence-electron chi connectivity index (χ0n) is 6.34. The summed E-state index contributed by atoms with van der Waals surface area (Å²) in [5.41, 5.74) is 0.704. The van der Waals surface area contributed by atoms with Gasteiger partial charge in [-0.3, -0.25) is 0 Å². The molecule has 1 aromatic heterocycles. The van der Waals surface area contributed by atoms with Crippen LogP contribution in [-0.2, 0) is 0 Å². The minimum atomic E-state index is 0.704. The lowest BCUT2D eigenvalue weighted by atomic mass is 10.2. The molecule has 0 fully saturated rings. The van der Waals surface area contributed by atoms with E-state index in [0.717, 1.165) is 13.4 Å². The van der Waals surface area contributed by atoms with Crippen LogP contribution >= 0.6 is 49.9 Å². The van der Waals surface area contributed by atoms with Crippen LogP contribution in [0, 0.1) is 14.9 Å². The fourth-order valence-electron chi connectivity index (χ4n) is 1.13. The molecule has 1 nitrogen and oxygen atoms in total. The van der Waals surface area contributed by atoms with Gasteiger partial charge in [0.1, 0.15) is 6.07 Å². The molecule has 0 saturated heterocycles. The van der Waals surface area contributed by atoms with Gasteiger partial charge in [-0.25, -0.2) is 0 Å². The molecule has 4 heteroatoms. The number of nitriles is 1. The maximum absolute atomic E-state index is 8.86. The lowest BCUT2D eigenvalue weighted by Crippen LogP contribution is -1.81. The molecule has 0 atom stereocenters. The Morgan fingerprint density at radius 2 is 2.31 bits per heavy atom. The first-order valence-electron chi connectivity index (χ1n) is 3.49. The van der Waals surface area contributed by atoms with Crippen molar-refractivity contribution in [2.24, 2.45) is 0 Å². The Balaban J connectivity index is 2.94. The minimum absolute atomic E-state index is 0.704. The second-order valence-electron chi connectivity index (χ2n) is 2.50. The molecule has 0 spiro atoms. The van der Waals surface area contributed by atoms with Crippen molar-refractivity contribution in [3.8, 4) is 6.07 Å². The summed E-state index contributed by atoms with van der Waals surface area (Å²) >= 11 is 7.38. The van der Waals surface area contributed by atoms with Crippen LogP contribution in [0.5, 0.6) is 0 Å². The molecule has 13 heavy (non-hydrogen) atoms. The van der Waals surface area contributed by atoms with Crippen LogP contribution in [0.15, 0.2) is 22.0 Å². The Bertz CT molecular complexity index is 512. The number of halogens is 2. The summed E-state index contributed by atoms with van der Waals surface area (Å²) in [6.07, 6.45) is 0. The molecular weight excluding hydrogens is 361 g/mol. The van der Waals surface area contributed by atoms with Gasteiger partial charge < -0.3 is 0 Å². The molecule has 0 saturated carbocycles. The second kappa shape index (κ2) is 3.56. The van der Waals surface area contributed by atoms with E-state index in [0.29, 0.717) is 5.56 Å². The standard InChI is InChI=1S/C9H3BrINS/c10-7-6(4-12)3-5-1-2-13-9(5)8(7)11/h1-3H. The van der Waals surface area contributed by atoms with Crippen molar-refractivity contribution in [2.45, 2.75) is 0 Å². The second-order valence-corrected chi connectivity index (χ2v) is 5.29. The lowest BCUT2D eigenvalue weighted by Gasteiger charge is -2.00. The third-order valence-electron chi connectivity index (χ3n) is 1.74. The van der Waals surface area contributed by atoms with E-state index in [-0.39, 0.29) is 0 Å². The van der Waals surface area contributed by atoms with Crippen molar-refractivity contribution in [3.05, 3.63) is 31.1 Å². The van der Waals surface area contributed by atoms with Gasteiger partial charge in [-0.15, -0.1) is 11.3 Å². The molecule has 0 unspecified atom stereocenters. The number of hydrogen-bond acceptors (Lipinski definition) is 2. The van der Waals surface area contributed by atoms with E-state index < -0.39 is 0 Å². The average molecular weight is 364 g/mol. The average Bonchev–Trinajstić information content (AvgIpc) is 2.59. The van der Waals surface area contributed by atoms with E-state index in [9.17, 15) is 0 Å². The van der Waals surface area contributed by atoms with Gasteiger partial charge in [0.2, 0.25) is 0 Å². The van der Waals surface area contributed by atoms with Crippen LogP contribution in [-0.4, -0.2) is 0 Å². The molecule has 0 aliphatic carbocycles. The van der Waals surface area contributed by atoms with E-state index in [2.05, 4.69) is 44.6 Å². The first-order chi connectivity index (χ1) is 6.24. The van der Waals surface area contributed by atoms with E-state index in [1.54, 1.807) is 11.3 Å². The zero-order chi connectivity index (χ0) is 9.42. The summed E-state index contributed by atoms with van der Waals surface area (Å²) in [6, 6.07) is 6.12. The van der Waals surface area contributed by atoms with Crippen LogP contribution in [0.3, 0.4) is 0 Å². The monoisotopic (exact) mass is 363 g/mol. The fraction of sp³-hybridized carbons (Fsp3) is 0. The first kappa shape index (κ1) is 9.44. The number of thiophene rings is 1. The molecule has 1 heterocycles. The Morgan fingerprint density at radius 1 is 1.54 bits per heavy atom. The molecule has 0 bridgehead atoms. The highest BCUT2D eigenvalue weighted by atomic mass is 127. The predicted molar refractivity (Wildman–Crippen MR) is 67.0 cm³/mol. The highest BCUT2D eigenvalue weighted by Gasteiger charge is 2.09. The number of benzene rings is 1. The molecule has 64 valence electrons.